The zero-order chi connectivity index (χ0) is 12.5. The molecule has 7 nitrogen and oxygen atoms in total. The van der Waals surface area contributed by atoms with E-state index >= 15 is 0 Å². The summed E-state index contributed by atoms with van der Waals surface area (Å²) in [6.45, 7) is -0.0926. The molecule has 1 amide bonds. The highest BCUT2D eigenvalue weighted by molar-refractivity contribution is 5.79. The number of aromatic nitrogens is 2. The van der Waals surface area contributed by atoms with Crippen molar-refractivity contribution in [3.05, 3.63) is 32.6 Å². The van der Waals surface area contributed by atoms with Crippen LogP contribution < -0.4 is 16.6 Å². The molecule has 0 saturated heterocycles. The summed E-state index contributed by atoms with van der Waals surface area (Å²) in [5.74, 6) is -0.321. The number of amides is 1. The molecule has 0 atom stereocenters. The molecule has 1 heterocycles. The SMILES string of the molecule is O=C(Cc1cc(=O)[nH]c(=O)[nH]1)NC1(CO)CC1. The van der Waals surface area contributed by atoms with Crippen LogP contribution in [-0.2, 0) is 11.2 Å². The lowest BCUT2D eigenvalue weighted by Crippen LogP contribution is -2.41. The molecule has 1 saturated carbocycles. The molecule has 0 aromatic carbocycles. The number of hydrogen-bond acceptors (Lipinski definition) is 4. The van der Waals surface area contributed by atoms with Gasteiger partial charge in [-0.25, -0.2) is 4.79 Å². The van der Waals surface area contributed by atoms with E-state index in [1.165, 1.54) is 6.07 Å². The number of aliphatic hydroxyl groups excluding tert-OH is 1. The molecule has 0 bridgehead atoms. The molecule has 1 aliphatic rings. The fourth-order valence-corrected chi connectivity index (χ4v) is 1.60. The van der Waals surface area contributed by atoms with E-state index in [2.05, 4.69) is 10.3 Å². The maximum Gasteiger partial charge on any atom is 0.325 e. The second kappa shape index (κ2) is 4.17. The van der Waals surface area contributed by atoms with Gasteiger partial charge in [-0.2, -0.15) is 0 Å². The van der Waals surface area contributed by atoms with Crippen LogP contribution in [0.25, 0.3) is 0 Å². The molecule has 0 unspecified atom stereocenters. The normalized spacial score (nSPS) is 16.5. The summed E-state index contributed by atoms with van der Waals surface area (Å²) >= 11 is 0. The fourth-order valence-electron chi connectivity index (χ4n) is 1.60. The predicted molar refractivity (Wildman–Crippen MR) is 58.6 cm³/mol. The molecule has 4 N–H and O–H groups in total. The first-order chi connectivity index (χ1) is 8.03. The first kappa shape index (κ1) is 11.6. The van der Waals surface area contributed by atoms with Crippen molar-refractivity contribution in [2.75, 3.05) is 6.61 Å². The Balaban J connectivity index is 2.03. The lowest BCUT2D eigenvalue weighted by atomic mass is 10.2. The van der Waals surface area contributed by atoms with Gasteiger partial charge in [0.25, 0.3) is 5.56 Å². The van der Waals surface area contributed by atoms with Crippen molar-refractivity contribution >= 4 is 5.91 Å². The highest BCUT2D eigenvalue weighted by Gasteiger charge is 2.43. The van der Waals surface area contributed by atoms with Crippen LogP contribution in [0.5, 0.6) is 0 Å². The minimum atomic E-state index is -0.636. The number of nitrogens with one attached hydrogen (secondary N) is 3. The summed E-state index contributed by atoms with van der Waals surface area (Å²) in [5, 5.41) is 11.7. The number of carbonyl (C=O) groups excluding carboxylic acids is 1. The second-order valence-electron chi connectivity index (χ2n) is 4.28. The van der Waals surface area contributed by atoms with Gasteiger partial charge >= 0.3 is 5.69 Å². The Kier molecular flexibility index (Phi) is 2.84. The molecule has 0 aliphatic heterocycles. The van der Waals surface area contributed by atoms with Crippen molar-refractivity contribution in [3.8, 4) is 0 Å². The maximum absolute atomic E-state index is 11.6. The van der Waals surface area contributed by atoms with Crippen LogP contribution in [0.1, 0.15) is 18.5 Å². The van der Waals surface area contributed by atoms with Crippen molar-refractivity contribution in [1.29, 1.82) is 0 Å². The van der Waals surface area contributed by atoms with E-state index in [-0.39, 0.29) is 24.6 Å². The van der Waals surface area contributed by atoms with Crippen LogP contribution in [0.3, 0.4) is 0 Å². The minimum absolute atomic E-state index is 0.0824. The Bertz CT molecular complexity index is 513. The molecular formula is C10H13N3O4. The first-order valence-electron chi connectivity index (χ1n) is 5.27. The van der Waals surface area contributed by atoms with Gasteiger partial charge in [0.15, 0.2) is 0 Å². The highest BCUT2D eigenvalue weighted by Crippen LogP contribution is 2.34. The van der Waals surface area contributed by atoms with Gasteiger partial charge in [-0.3, -0.25) is 14.6 Å². The Morgan fingerprint density at radius 3 is 2.65 bits per heavy atom. The zero-order valence-corrected chi connectivity index (χ0v) is 9.08. The van der Waals surface area contributed by atoms with E-state index in [1.54, 1.807) is 0 Å². The third-order valence-electron chi connectivity index (χ3n) is 2.73. The molecule has 2 rings (SSSR count). The standard InChI is InChI=1S/C10H13N3O4/c14-5-10(1-2-10)13-8(16)4-6-3-7(15)12-9(17)11-6/h3,14H,1-2,4-5H2,(H,13,16)(H2,11,12,15,17). The van der Waals surface area contributed by atoms with Crippen LogP contribution in [0.4, 0.5) is 0 Å². The lowest BCUT2D eigenvalue weighted by molar-refractivity contribution is -0.121. The molecule has 1 aromatic heterocycles. The van der Waals surface area contributed by atoms with E-state index < -0.39 is 16.8 Å². The van der Waals surface area contributed by atoms with E-state index in [1.807, 2.05) is 4.98 Å². The average Bonchev–Trinajstić information content (AvgIpc) is 2.96. The molecule has 1 aliphatic carbocycles. The van der Waals surface area contributed by atoms with Crippen molar-refractivity contribution in [2.45, 2.75) is 24.8 Å². The van der Waals surface area contributed by atoms with Gasteiger partial charge in [0.2, 0.25) is 5.91 Å². The maximum atomic E-state index is 11.6. The molecule has 0 radical (unpaired) electrons. The van der Waals surface area contributed by atoms with E-state index in [0.29, 0.717) is 0 Å². The average molecular weight is 239 g/mol. The number of H-pyrrole nitrogens is 2. The highest BCUT2D eigenvalue weighted by atomic mass is 16.3. The van der Waals surface area contributed by atoms with Crippen LogP contribution in [-0.4, -0.2) is 33.1 Å². The summed E-state index contributed by atoms with van der Waals surface area (Å²) in [7, 11) is 0. The minimum Gasteiger partial charge on any atom is -0.394 e. The summed E-state index contributed by atoms with van der Waals surface area (Å²) in [6.07, 6.45) is 1.42. The number of carbonyl (C=O) groups is 1. The summed E-state index contributed by atoms with van der Waals surface area (Å²) in [4.78, 5) is 37.9. The van der Waals surface area contributed by atoms with Gasteiger partial charge in [0.05, 0.1) is 18.6 Å². The summed E-state index contributed by atoms with van der Waals surface area (Å²) < 4.78 is 0. The van der Waals surface area contributed by atoms with E-state index in [0.717, 1.165) is 12.8 Å². The van der Waals surface area contributed by atoms with Crippen LogP contribution in [0, 0.1) is 0 Å². The number of hydrogen-bond donors (Lipinski definition) is 4. The van der Waals surface area contributed by atoms with Gasteiger partial charge in [0.1, 0.15) is 0 Å². The Hall–Kier alpha value is -1.89. The third kappa shape index (κ3) is 2.82. The van der Waals surface area contributed by atoms with Gasteiger partial charge in [-0.15, -0.1) is 0 Å². The van der Waals surface area contributed by atoms with Crippen molar-refractivity contribution in [1.82, 2.24) is 15.3 Å². The first-order valence-corrected chi connectivity index (χ1v) is 5.27. The molecule has 0 spiro atoms. The largest absolute Gasteiger partial charge is 0.394 e. The topological polar surface area (TPSA) is 115 Å². The molecule has 7 heteroatoms. The zero-order valence-electron chi connectivity index (χ0n) is 9.08. The smallest absolute Gasteiger partial charge is 0.325 e. The van der Waals surface area contributed by atoms with Crippen LogP contribution >= 0.6 is 0 Å². The van der Waals surface area contributed by atoms with Gasteiger partial charge in [-0.1, -0.05) is 0 Å². The third-order valence-corrected chi connectivity index (χ3v) is 2.73. The van der Waals surface area contributed by atoms with E-state index in [4.69, 9.17) is 5.11 Å². The van der Waals surface area contributed by atoms with Crippen LogP contribution in [0.15, 0.2) is 15.7 Å². The quantitative estimate of drug-likeness (QED) is 0.498. The molecule has 1 aromatic rings. The number of rotatable bonds is 4. The summed E-state index contributed by atoms with van der Waals surface area (Å²) in [6, 6.07) is 1.17. The second-order valence-corrected chi connectivity index (χ2v) is 4.28. The van der Waals surface area contributed by atoms with Gasteiger partial charge in [0, 0.05) is 11.8 Å². The molecular weight excluding hydrogens is 226 g/mol. The number of aliphatic hydroxyl groups is 1. The van der Waals surface area contributed by atoms with Gasteiger partial charge in [-0.05, 0) is 12.8 Å². The van der Waals surface area contributed by atoms with E-state index in [9.17, 15) is 14.4 Å². The molecule has 17 heavy (non-hydrogen) atoms. The van der Waals surface area contributed by atoms with Crippen molar-refractivity contribution < 1.29 is 9.90 Å². The van der Waals surface area contributed by atoms with Crippen LogP contribution in [0.2, 0.25) is 0 Å². The van der Waals surface area contributed by atoms with Crippen molar-refractivity contribution in [2.24, 2.45) is 0 Å². The fraction of sp³-hybridized carbons (Fsp3) is 0.500. The summed E-state index contributed by atoms with van der Waals surface area (Å²) in [5.41, 5.74) is -1.41. The Labute approximate surface area is 95.9 Å². The van der Waals surface area contributed by atoms with Crippen molar-refractivity contribution in [3.63, 3.8) is 0 Å². The lowest BCUT2D eigenvalue weighted by Gasteiger charge is -2.13. The number of aromatic amines is 2. The Morgan fingerprint density at radius 1 is 1.41 bits per heavy atom. The molecule has 92 valence electrons. The Morgan fingerprint density at radius 2 is 2.12 bits per heavy atom. The van der Waals surface area contributed by atoms with Gasteiger partial charge < -0.3 is 15.4 Å². The predicted octanol–water partition coefficient (Wildman–Crippen LogP) is -1.75. The monoisotopic (exact) mass is 239 g/mol. The molecule has 1 fully saturated rings.